The third-order valence-electron chi connectivity index (χ3n) is 3.53. The van der Waals surface area contributed by atoms with Crippen LogP contribution in [0.5, 0.6) is 0 Å². The van der Waals surface area contributed by atoms with Gasteiger partial charge in [0.1, 0.15) is 5.15 Å². The summed E-state index contributed by atoms with van der Waals surface area (Å²) < 4.78 is 1.77. The van der Waals surface area contributed by atoms with Gasteiger partial charge in [-0.05, 0) is 32.2 Å². The van der Waals surface area contributed by atoms with Crippen LogP contribution < -0.4 is 5.32 Å². The van der Waals surface area contributed by atoms with Crippen molar-refractivity contribution in [3.63, 3.8) is 0 Å². The number of hydrogen-bond acceptors (Lipinski definition) is 2. The molecule has 2 rings (SSSR count). The minimum atomic E-state index is 0.549. The lowest BCUT2D eigenvalue weighted by atomic mass is 10.0. The summed E-state index contributed by atoms with van der Waals surface area (Å²) in [7, 11) is 1.90. The quantitative estimate of drug-likeness (QED) is 0.847. The second kappa shape index (κ2) is 5.40. The standard InChI is InChI=1S/C13H22ClN3/c1-4-15-11(7-10-5-6-10)8-12-9(2)16-17(3)13(12)14/h10-11,15H,4-8H2,1-3H3. The van der Waals surface area contributed by atoms with Crippen LogP contribution in [0.2, 0.25) is 5.15 Å². The Hall–Kier alpha value is -0.540. The molecular weight excluding hydrogens is 234 g/mol. The van der Waals surface area contributed by atoms with Crippen molar-refractivity contribution in [3.05, 3.63) is 16.4 Å². The number of aromatic nitrogens is 2. The van der Waals surface area contributed by atoms with Gasteiger partial charge >= 0.3 is 0 Å². The number of likely N-dealkylation sites (N-methyl/N-ethyl adjacent to an activating group) is 1. The Kier molecular flexibility index (Phi) is 4.10. The summed E-state index contributed by atoms with van der Waals surface area (Å²) in [6, 6.07) is 0.549. The molecule has 1 aromatic heterocycles. The molecule has 0 aromatic carbocycles. The van der Waals surface area contributed by atoms with Gasteiger partial charge in [0.15, 0.2) is 0 Å². The summed E-state index contributed by atoms with van der Waals surface area (Å²) in [4.78, 5) is 0. The van der Waals surface area contributed by atoms with Gasteiger partial charge < -0.3 is 5.32 Å². The van der Waals surface area contributed by atoms with Crippen molar-refractivity contribution in [1.82, 2.24) is 15.1 Å². The van der Waals surface area contributed by atoms with E-state index in [1.54, 1.807) is 4.68 Å². The summed E-state index contributed by atoms with van der Waals surface area (Å²) in [5.74, 6) is 0.940. The summed E-state index contributed by atoms with van der Waals surface area (Å²) in [5, 5.41) is 8.74. The molecule has 1 saturated carbocycles. The van der Waals surface area contributed by atoms with E-state index in [9.17, 15) is 0 Å². The SMILES string of the molecule is CCNC(Cc1c(C)nn(C)c1Cl)CC1CC1. The predicted octanol–water partition coefficient (Wildman–Crippen LogP) is 2.70. The first-order chi connectivity index (χ1) is 8.11. The number of rotatable bonds is 6. The first-order valence-corrected chi connectivity index (χ1v) is 6.91. The van der Waals surface area contributed by atoms with Crippen LogP contribution in [0.1, 0.15) is 37.4 Å². The predicted molar refractivity (Wildman–Crippen MR) is 71.5 cm³/mol. The first-order valence-electron chi connectivity index (χ1n) is 6.53. The highest BCUT2D eigenvalue weighted by molar-refractivity contribution is 6.30. The van der Waals surface area contributed by atoms with E-state index in [2.05, 4.69) is 17.3 Å². The molecule has 1 unspecified atom stereocenters. The Bertz CT molecular complexity index is 382. The molecule has 0 radical (unpaired) electrons. The summed E-state index contributed by atoms with van der Waals surface area (Å²) in [6.45, 7) is 5.23. The molecule has 96 valence electrons. The zero-order chi connectivity index (χ0) is 12.4. The third-order valence-corrected chi connectivity index (χ3v) is 4.00. The van der Waals surface area contributed by atoms with Crippen LogP contribution in [0, 0.1) is 12.8 Å². The van der Waals surface area contributed by atoms with Gasteiger partial charge in [-0.15, -0.1) is 0 Å². The number of halogens is 1. The normalized spacial score (nSPS) is 17.4. The highest BCUT2D eigenvalue weighted by atomic mass is 35.5. The van der Waals surface area contributed by atoms with E-state index >= 15 is 0 Å². The zero-order valence-electron chi connectivity index (χ0n) is 11.0. The second-order valence-electron chi connectivity index (χ2n) is 5.12. The lowest BCUT2D eigenvalue weighted by molar-refractivity contribution is 0.465. The van der Waals surface area contributed by atoms with Gasteiger partial charge in [-0.3, -0.25) is 4.68 Å². The highest BCUT2D eigenvalue weighted by Crippen LogP contribution is 2.34. The van der Waals surface area contributed by atoms with Crippen LogP contribution >= 0.6 is 11.6 Å². The molecule has 0 amide bonds. The van der Waals surface area contributed by atoms with Crippen molar-refractivity contribution >= 4 is 11.6 Å². The lowest BCUT2D eigenvalue weighted by Gasteiger charge is -2.17. The van der Waals surface area contributed by atoms with E-state index in [-0.39, 0.29) is 0 Å². The fourth-order valence-electron chi connectivity index (χ4n) is 2.44. The zero-order valence-corrected chi connectivity index (χ0v) is 11.7. The van der Waals surface area contributed by atoms with Gasteiger partial charge in [0, 0.05) is 18.7 Å². The Balaban J connectivity index is 2.04. The van der Waals surface area contributed by atoms with E-state index in [1.165, 1.54) is 24.8 Å². The van der Waals surface area contributed by atoms with Crippen molar-refractivity contribution < 1.29 is 0 Å². The summed E-state index contributed by atoms with van der Waals surface area (Å²) in [6.07, 6.45) is 5.09. The molecule has 1 aliphatic rings. The fraction of sp³-hybridized carbons (Fsp3) is 0.769. The molecule has 1 fully saturated rings. The summed E-state index contributed by atoms with van der Waals surface area (Å²) in [5.41, 5.74) is 2.27. The Morgan fingerprint density at radius 1 is 1.53 bits per heavy atom. The molecule has 0 bridgehead atoms. The monoisotopic (exact) mass is 255 g/mol. The van der Waals surface area contributed by atoms with Gasteiger partial charge in [0.25, 0.3) is 0 Å². The number of nitrogens with zero attached hydrogens (tertiary/aromatic N) is 2. The molecule has 3 nitrogen and oxygen atoms in total. The Morgan fingerprint density at radius 3 is 2.71 bits per heavy atom. The Labute approximate surface area is 109 Å². The second-order valence-corrected chi connectivity index (χ2v) is 5.47. The number of aryl methyl sites for hydroxylation is 2. The van der Waals surface area contributed by atoms with Crippen LogP contribution in [0.15, 0.2) is 0 Å². The topological polar surface area (TPSA) is 29.9 Å². The van der Waals surface area contributed by atoms with E-state index in [0.29, 0.717) is 6.04 Å². The van der Waals surface area contributed by atoms with Crippen LogP contribution in [0.4, 0.5) is 0 Å². The van der Waals surface area contributed by atoms with E-state index < -0.39 is 0 Å². The number of nitrogens with one attached hydrogen (secondary N) is 1. The molecule has 0 spiro atoms. The molecule has 1 N–H and O–H groups in total. The fourth-order valence-corrected chi connectivity index (χ4v) is 2.69. The van der Waals surface area contributed by atoms with Gasteiger partial charge in [0.05, 0.1) is 5.69 Å². The maximum absolute atomic E-state index is 6.28. The average Bonchev–Trinajstić information content (AvgIpc) is 3.04. The lowest BCUT2D eigenvalue weighted by Crippen LogP contribution is -2.31. The molecular formula is C13H22ClN3. The molecule has 1 aliphatic carbocycles. The maximum atomic E-state index is 6.28. The van der Waals surface area contributed by atoms with E-state index in [0.717, 1.165) is 29.7 Å². The highest BCUT2D eigenvalue weighted by Gasteiger charge is 2.26. The van der Waals surface area contributed by atoms with Crippen molar-refractivity contribution in [2.75, 3.05) is 6.54 Å². The first kappa shape index (κ1) is 12.9. The van der Waals surface area contributed by atoms with Gasteiger partial charge in [0.2, 0.25) is 0 Å². The summed E-state index contributed by atoms with van der Waals surface area (Å²) >= 11 is 6.28. The van der Waals surface area contributed by atoms with Crippen molar-refractivity contribution in [2.24, 2.45) is 13.0 Å². The molecule has 17 heavy (non-hydrogen) atoms. The number of hydrogen-bond donors (Lipinski definition) is 1. The van der Waals surface area contributed by atoms with Crippen LogP contribution in [0.25, 0.3) is 0 Å². The Morgan fingerprint density at radius 2 is 2.24 bits per heavy atom. The molecule has 0 saturated heterocycles. The molecule has 0 aliphatic heterocycles. The third kappa shape index (κ3) is 3.23. The molecule has 1 atom stereocenters. The molecule has 1 aromatic rings. The van der Waals surface area contributed by atoms with Crippen molar-refractivity contribution in [1.29, 1.82) is 0 Å². The molecule has 4 heteroatoms. The van der Waals surface area contributed by atoms with Crippen LogP contribution in [0.3, 0.4) is 0 Å². The van der Waals surface area contributed by atoms with Crippen LogP contribution in [-0.4, -0.2) is 22.4 Å². The van der Waals surface area contributed by atoms with E-state index in [1.807, 2.05) is 14.0 Å². The average molecular weight is 256 g/mol. The minimum Gasteiger partial charge on any atom is -0.314 e. The van der Waals surface area contributed by atoms with Crippen molar-refractivity contribution in [3.8, 4) is 0 Å². The largest absolute Gasteiger partial charge is 0.314 e. The maximum Gasteiger partial charge on any atom is 0.130 e. The van der Waals surface area contributed by atoms with Gasteiger partial charge in [-0.2, -0.15) is 5.10 Å². The van der Waals surface area contributed by atoms with Gasteiger partial charge in [-0.1, -0.05) is 31.4 Å². The van der Waals surface area contributed by atoms with Crippen LogP contribution in [-0.2, 0) is 13.5 Å². The van der Waals surface area contributed by atoms with Crippen molar-refractivity contribution in [2.45, 2.75) is 45.6 Å². The minimum absolute atomic E-state index is 0.549. The van der Waals surface area contributed by atoms with Gasteiger partial charge in [-0.25, -0.2) is 0 Å². The smallest absolute Gasteiger partial charge is 0.130 e. The molecule has 1 heterocycles. The van der Waals surface area contributed by atoms with E-state index in [4.69, 9.17) is 11.6 Å².